The van der Waals surface area contributed by atoms with E-state index in [9.17, 15) is 4.79 Å². The number of rotatable bonds is 6. The Hall–Kier alpha value is -2.50. The summed E-state index contributed by atoms with van der Waals surface area (Å²) in [5, 5.41) is 3.30. The Bertz CT molecular complexity index is 596. The molecule has 1 aromatic heterocycles. The molecule has 0 saturated carbocycles. The fourth-order valence-corrected chi connectivity index (χ4v) is 2.10. The van der Waals surface area contributed by atoms with Crippen LogP contribution in [0.4, 0.5) is 11.4 Å². The molecule has 0 radical (unpaired) electrons. The van der Waals surface area contributed by atoms with E-state index in [1.165, 1.54) is 0 Å². The summed E-state index contributed by atoms with van der Waals surface area (Å²) in [5.41, 5.74) is 7.58. The first kappa shape index (κ1) is 14.9. The molecule has 3 N–H and O–H groups in total. The fraction of sp³-hybridized carbons (Fsp3) is 0.333. The van der Waals surface area contributed by atoms with Gasteiger partial charge in [0.25, 0.3) is 0 Å². The lowest BCUT2D eigenvalue weighted by molar-refractivity contribution is 0.0527. The van der Waals surface area contributed by atoms with Crippen molar-refractivity contribution in [3.05, 3.63) is 42.5 Å². The van der Waals surface area contributed by atoms with E-state index in [-0.39, 0.29) is 6.04 Å². The van der Waals surface area contributed by atoms with Crippen LogP contribution in [-0.4, -0.2) is 28.2 Å². The van der Waals surface area contributed by atoms with E-state index >= 15 is 0 Å². The molecule has 21 heavy (non-hydrogen) atoms. The number of anilines is 2. The summed E-state index contributed by atoms with van der Waals surface area (Å²) in [6.45, 7) is 4.88. The summed E-state index contributed by atoms with van der Waals surface area (Å²) < 4.78 is 6.97. The molecule has 2 rings (SSSR count). The number of esters is 1. The lowest BCUT2D eigenvalue weighted by Gasteiger charge is -2.18. The van der Waals surface area contributed by atoms with Gasteiger partial charge in [-0.2, -0.15) is 0 Å². The molecule has 6 nitrogen and oxygen atoms in total. The Morgan fingerprint density at radius 2 is 2.33 bits per heavy atom. The van der Waals surface area contributed by atoms with Gasteiger partial charge in [-0.1, -0.05) is 6.07 Å². The van der Waals surface area contributed by atoms with Gasteiger partial charge in [-0.05, 0) is 26.0 Å². The summed E-state index contributed by atoms with van der Waals surface area (Å²) in [6, 6.07) is 5.44. The molecule has 0 amide bonds. The highest BCUT2D eigenvalue weighted by Crippen LogP contribution is 2.24. The van der Waals surface area contributed by atoms with Crippen molar-refractivity contribution in [2.75, 3.05) is 17.7 Å². The maximum atomic E-state index is 11.8. The number of imidazole rings is 1. The van der Waals surface area contributed by atoms with Crippen molar-refractivity contribution < 1.29 is 9.53 Å². The maximum absolute atomic E-state index is 11.8. The number of nitrogen functional groups attached to an aromatic ring is 1. The second-order valence-corrected chi connectivity index (χ2v) is 4.79. The Morgan fingerprint density at radius 1 is 1.52 bits per heavy atom. The summed E-state index contributed by atoms with van der Waals surface area (Å²) in [6.07, 6.45) is 5.40. The summed E-state index contributed by atoms with van der Waals surface area (Å²) in [7, 11) is 0. The second kappa shape index (κ2) is 6.78. The molecule has 1 heterocycles. The Morgan fingerprint density at radius 3 is 3.00 bits per heavy atom. The van der Waals surface area contributed by atoms with Gasteiger partial charge in [0, 0.05) is 25.0 Å². The van der Waals surface area contributed by atoms with Gasteiger partial charge in [0.05, 0.1) is 29.9 Å². The molecular formula is C15H20N4O2. The van der Waals surface area contributed by atoms with E-state index in [0.717, 1.165) is 12.2 Å². The molecule has 1 aromatic carbocycles. The summed E-state index contributed by atoms with van der Waals surface area (Å²) in [4.78, 5) is 15.8. The molecule has 0 bridgehead atoms. The molecule has 112 valence electrons. The monoisotopic (exact) mass is 288 g/mol. The number of para-hydroxylation sites is 1. The number of nitrogens with zero attached hydrogens (tertiary/aromatic N) is 2. The van der Waals surface area contributed by atoms with E-state index in [1.54, 1.807) is 31.6 Å². The van der Waals surface area contributed by atoms with E-state index in [4.69, 9.17) is 10.5 Å². The zero-order valence-corrected chi connectivity index (χ0v) is 12.2. The largest absolute Gasteiger partial charge is 0.462 e. The number of nitrogens with one attached hydrogen (secondary N) is 1. The third-order valence-electron chi connectivity index (χ3n) is 3.05. The first-order chi connectivity index (χ1) is 10.1. The lowest BCUT2D eigenvalue weighted by atomic mass is 10.1. The highest BCUT2D eigenvalue weighted by atomic mass is 16.5. The van der Waals surface area contributed by atoms with Crippen LogP contribution in [0, 0.1) is 0 Å². The van der Waals surface area contributed by atoms with Gasteiger partial charge >= 0.3 is 5.97 Å². The van der Waals surface area contributed by atoms with Gasteiger partial charge in [0.2, 0.25) is 0 Å². The van der Waals surface area contributed by atoms with Crippen LogP contribution in [0.3, 0.4) is 0 Å². The summed E-state index contributed by atoms with van der Waals surface area (Å²) >= 11 is 0. The van der Waals surface area contributed by atoms with Crippen LogP contribution in [-0.2, 0) is 11.3 Å². The lowest BCUT2D eigenvalue weighted by Crippen LogP contribution is -2.22. The molecular weight excluding hydrogens is 268 g/mol. The minimum absolute atomic E-state index is 0.138. The second-order valence-electron chi connectivity index (χ2n) is 4.79. The molecule has 2 aromatic rings. The molecule has 0 aliphatic carbocycles. The molecule has 0 aliphatic rings. The van der Waals surface area contributed by atoms with Crippen molar-refractivity contribution >= 4 is 17.3 Å². The standard InChI is InChI=1S/C15H20N4O2/c1-3-21-15(20)12-5-4-6-13(14(12)16)18-11(2)9-19-8-7-17-10-19/h4-8,10-11,18H,3,9,16H2,1-2H3. The van der Waals surface area contributed by atoms with Crippen LogP contribution < -0.4 is 11.1 Å². The maximum Gasteiger partial charge on any atom is 0.340 e. The van der Waals surface area contributed by atoms with Gasteiger partial charge in [-0.3, -0.25) is 0 Å². The van der Waals surface area contributed by atoms with Gasteiger partial charge < -0.3 is 20.4 Å². The van der Waals surface area contributed by atoms with Crippen molar-refractivity contribution in [2.45, 2.75) is 26.4 Å². The van der Waals surface area contributed by atoms with Crippen LogP contribution in [0.25, 0.3) is 0 Å². The van der Waals surface area contributed by atoms with Crippen LogP contribution in [0.5, 0.6) is 0 Å². The molecule has 0 spiro atoms. The topological polar surface area (TPSA) is 82.2 Å². The minimum atomic E-state index is -0.402. The van der Waals surface area contributed by atoms with Crippen LogP contribution in [0.15, 0.2) is 36.9 Å². The van der Waals surface area contributed by atoms with E-state index in [2.05, 4.69) is 10.3 Å². The van der Waals surface area contributed by atoms with Crippen LogP contribution >= 0.6 is 0 Å². The normalized spacial score (nSPS) is 11.9. The molecule has 1 atom stereocenters. The van der Waals surface area contributed by atoms with Gasteiger partial charge in [-0.25, -0.2) is 9.78 Å². The number of benzene rings is 1. The summed E-state index contributed by atoms with van der Waals surface area (Å²) in [5.74, 6) is -0.402. The number of carbonyl (C=O) groups is 1. The number of carbonyl (C=O) groups excluding carboxylic acids is 1. The molecule has 0 fully saturated rings. The van der Waals surface area contributed by atoms with Gasteiger partial charge in [0.15, 0.2) is 0 Å². The Labute approximate surface area is 123 Å². The van der Waals surface area contributed by atoms with Crippen molar-refractivity contribution in [2.24, 2.45) is 0 Å². The molecule has 0 aliphatic heterocycles. The number of hydrogen-bond donors (Lipinski definition) is 2. The average Bonchev–Trinajstić information content (AvgIpc) is 2.94. The zero-order valence-electron chi connectivity index (χ0n) is 12.2. The number of aromatic nitrogens is 2. The number of ether oxygens (including phenoxy) is 1. The highest BCUT2D eigenvalue weighted by molar-refractivity contribution is 5.98. The molecule has 0 saturated heterocycles. The quantitative estimate of drug-likeness (QED) is 0.628. The first-order valence-corrected chi connectivity index (χ1v) is 6.89. The van der Waals surface area contributed by atoms with E-state index in [1.807, 2.05) is 23.8 Å². The van der Waals surface area contributed by atoms with Crippen molar-refractivity contribution in [1.29, 1.82) is 0 Å². The predicted octanol–water partition coefficient (Wildman–Crippen LogP) is 2.14. The minimum Gasteiger partial charge on any atom is -0.462 e. The average molecular weight is 288 g/mol. The smallest absolute Gasteiger partial charge is 0.340 e. The van der Waals surface area contributed by atoms with Crippen molar-refractivity contribution in [3.8, 4) is 0 Å². The molecule has 1 unspecified atom stereocenters. The van der Waals surface area contributed by atoms with Crippen LogP contribution in [0.2, 0.25) is 0 Å². The Kier molecular flexibility index (Phi) is 4.81. The van der Waals surface area contributed by atoms with Gasteiger partial charge in [-0.15, -0.1) is 0 Å². The third-order valence-corrected chi connectivity index (χ3v) is 3.05. The third kappa shape index (κ3) is 3.75. The van der Waals surface area contributed by atoms with E-state index in [0.29, 0.717) is 17.9 Å². The number of nitrogens with two attached hydrogens (primary N) is 1. The molecule has 6 heteroatoms. The Balaban J connectivity index is 2.09. The van der Waals surface area contributed by atoms with Gasteiger partial charge in [0.1, 0.15) is 0 Å². The van der Waals surface area contributed by atoms with Crippen molar-refractivity contribution in [1.82, 2.24) is 9.55 Å². The van der Waals surface area contributed by atoms with Crippen molar-refractivity contribution in [3.63, 3.8) is 0 Å². The van der Waals surface area contributed by atoms with Crippen LogP contribution in [0.1, 0.15) is 24.2 Å². The zero-order chi connectivity index (χ0) is 15.2. The number of hydrogen-bond acceptors (Lipinski definition) is 5. The highest BCUT2D eigenvalue weighted by Gasteiger charge is 2.14. The predicted molar refractivity (Wildman–Crippen MR) is 82.1 cm³/mol. The SMILES string of the molecule is CCOC(=O)c1cccc(NC(C)Cn2ccnc2)c1N. The van der Waals surface area contributed by atoms with E-state index < -0.39 is 5.97 Å². The fourth-order valence-electron chi connectivity index (χ4n) is 2.10. The first-order valence-electron chi connectivity index (χ1n) is 6.89.